The van der Waals surface area contributed by atoms with Crippen molar-refractivity contribution in [3.8, 4) is 0 Å². The quantitative estimate of drug-likeness (QED) is 0.770. The van der Waals surface area contributed by atoms with E-state index in [-0.39, 0.29) is 17.0 Å². The first-order valence-corrected chi connectivity index (χ1v) is 9.07. The average molecular weight is 355 g/mol. The van der Waals surface area contributed by atoms with Gasteiger partial charge in [0.1, 0.15) is 5.60 Å². The second-order valence-corrected chi connectivity index (χ2v) is 7.81. The zero-order chi connectivity index (χ0) is 17.1. The normalized spacial score (nSPS) is 14.2. The molecule has 0 aliphatic heterocycles. The van der Waals surface area contributed by atoms with Crippen LogP contribution in [0, 0.1) is 0 Å². The number of carbonyl (C=O) groups excluding carboxylic acids is 1. The van der Waals surface area contributed by atoms with Gasteiger partial charge in [0, 0.05) is 11.4 Å². The van der Waals surface area contributed by atoms with Crippen molar-refractivity contribution in [2.45, 2.75) is 17.4 Å². The van der Waals surface area contributed by atoms with Crippen LogP contribution in [0.3, 0.4) is 0 Å². The van der Waals surface area contributed by atoms with E-state index in [9.17, 15) is 18.3 Å². The van der Waals surface area contributed by atoms with E-state index in [0.29, 0.717) is 4.88 Å². The van der Waals surface area contributed by atoms with E-state index in [1.165, 1.54) is 42.7 Å². The van der Waals surface area contributed by atoms with E-state index in [1.807, 2.05) is 5.38 Å². The number of hydrogen-bond donors (Lipinski definition) is 2. The molecule has 0 bridgehead atoms. The minimum absolute atomic E-state index is 0.00660. The summed E-state index contributed by atoms with van der Waals surface area (Å²) in [6.07, 6.45) is 0. The lowest BCUT2D eigenvalue weighted by molar-refractivity contribution is 0.0600. The molecule has 0 fully saturated rings. The molecule has 0 amide bonds. The van der Waals surface area contributed by atoms with Crippen molar-refractivity contribution in [3.05, 3.63) is 52.2 Å². The summed E-state index contributed by atoms with van der Waals surface area (Å²) in [6.45, 7) is 1.39. The highest BCUT2D eigenvalue weighted by Gasteiger charge is 2.27. The highest BCUT2D eigenvalue weighted by atomic mass is 32.2. The van der Waals surface area contributed by atoms with Crippen molar-refractivity contribution in [3.63, 3.8) is 0 Å². The molecule has 1 atom stereocenters. The molecule has 6 nitrogen and oxygen atoms in total. The summed E-state index contributed by atoms with van der Waals surface area (Å²) in [7, 11) is -2.54. The van der Waals surface area contributed by atoms with Crippen LogP contribution in [-0.4, -0.2) is 33.1 Å². The molecule has 2 rings (SSSR count). The Bertz CT molecular complexity index is 765. The third kappa shape index (κ3) is 4.17. The highest BCUT2D eigenvalue weighted by molar-refractivity contribution is 7.89. The second kappa shape index (κ2) is 6.79. The first kappa shape index (κ1) is 17.6. The number of benzene rings is 1. The summed E-state index contributed by atoms with van der Waals surface area (Å²) in [6, 6.07) is 8.90. The topological polar surface area (TPSA) is 92.7 Å². The number of aliphatic hydroxyl groups is 1. The number of sulfonamides is 1. The van der Waals surface area contributed by atoms with Crippen molar-refractivity contribution < 1.29 is 23.1 Å². The van der Waals surface area contributed by atoms with E-state index in [2.05, 4.69) is 9.46 Å². The predicted octanol–water partition coefficient (Wildman–Crippen LogP) is 1.72. The maximum atomic E-state index is 12.3. The fourth-order valence-electron chi connectivity index (χ4n) is 1.88. The van der Waals surface area contributed by atoms with Gasteiger partial charge in [-0.1, -0.05) is 6.07 Å². The molecule has 2 aromatic rings. The van der Waals surface area contributed by atoms with Crippen LogP contribution >= 0.6 is 11.3 Å². The van der Waals surface area contributed by atoms with Gasteiger partial charge >= 0.3 is 5.97 Å². The van der Waals surface area contributed by atoms with Gasteiger partial charge in [0.25, 0.3) is 0 Å². The number of rotatable bonds is 6. The molecular formula is C15H17NO5S2. The third-order valence-corrected chi connectivity index (χ3v) is 5.78. The smallest absolute Gasteiger partial charge is 0.337 e. The Hall–Kier alpha value is -1.74. The first-order valence-electron chi connectivity index (χ1n) is 6.71. The molecule has 0 aliphatic carbocycles. The molecule has 124 valence electrons. The van der Waals surface area contributed by atoms with Crippen LogP contribution in [0.5, 0.6) is 0 Å². The van der Waals surface area contributed by atoms with E-state index in [4.69, 9.17) is 0 Å². The van der Waals surface area contributed by atoms with Crippen LogP contribution in [0.1, 0.15) is 22.2 Å². The SMILES string of the molecule is COC(=O)c1ccc(S(=O)(=O)NC[C@](C)(O)c2cccs2)cc1. The van der Waals surface area contributed by atoms with Crippen LogP contribution in [0.4, 0.5) is 0 Å². The Morgan fingerprint density at radius 2 is 1.96 bits per heavy atom. The zero-order valence-corrected chi connectivity index (χ0v) is 14.3. The van der Waals surface area contributed by atoms with Gasteiger partial charge in [-0.2, -0.15) is 0 Å². The fourth-order valence-corrected chi connectivity index (χ4v) is 3.80. The van der Waals surface area contributed by atoms with E-state index >= 15 is 0 Å². The maximum absolute atomic E-state index is 12.3. The molecule has 8 heteroatoms. The number of nitrogens with one attached hydrogen (secondary N) is 1. The molecule has 0 radical (unpaired) electrons. The van der Waals surface area contributed by atoms with Crippen LogP contribution in [0.2, 0.25) is 0 Å². The second-order valence-electron chi connectivity index (χ2n) is 5.09. The molecule has 0 saturated carbocycles. The minimum Gasteiger partial charge on any atom is -0.465 e. The Morgan fingerprint density at radius 3 is 2.48 bits per heavy atom. The summed E-state index contributed by atoms with van der Waals surface area (Å²) in [5.41, 5.74) is -1.04. The maximum Gasteiger partial charge on any atom is 0.337 e. The van der Waals surface area contributed by atoms with Gasteiger partial charge in [-0.15, -0.1) is 11.3 Å². The lowest BCUT2D eigenvalue weighted by atomic mass is 10.1. The lowest BCUT2D eigenvalue weighted by Gasteiger charge is -2.22. The van der Waals surface area contributed by atoms with Crippen molar-refractivity contribution in [1.29, 1.82) is 0 Å². The van der Waals surface area contributed by atoms with Gasteiger partial charge in [-0.25, -0.2) is 17.9 Å². The minimum atomic E-state index is -3.79. The third-order valence-electron chi connectivity index (χ3n) is 3.24. The van der Waals surface area contributed by atoms with Crippen LogP contribution < -0.4 is 4.72 Å². The van der Waals surface area contributed by atoms with Gasteiger partial charge in [0.05, 0.1) is 17.6 Å². The van der Waals surface area contributed by atoms with E-state index in [1.54, 1.807) is 19.1 Å². The van der Waals surface area contributed by atoms with Gasteiger partial charge < -0.3 is 9.84 Å². The van der Waals surface area contributed by atoms with Crippen molar-refractivity contribution >= 4 is 27.3 Å². The molecule has 23 heavy (non-hydrogen) atoms. The summed E-state index contributed by atoms with van der Waals surface area (Å²) < 4.78 is 31.5. The summed E-state index contributed by atoms with van der Waals surface area (Å²) >= 11 is 1.35. The molecule has 0 aliphatic rings. The average Bonchev–Trinajstić information content (AvgIpc) is 3.08. The molecule has 0 unspecified atom stereocenters. The fraction of sp³-hybridized carbons (Fsp3) is 0.267. The van der Waals surface area contributed by atoms with E-state index in [0.717, 1.165) is 0 Å². The summed E-state index contributed by atoms with van der Waals surface area (Å²) in [5, 5.41) is 12.2. The summed E-state index contributed by atoms with van der Waals surface area (Å²) in [5.74, 6) is -0.539. The van der Waals surface area contributed by atoms with Crippen LogP contribution in [0.15, 0.2) is 46.7 Å². The highest BCUT2D eigenvalue weighted by Crippen LogP contribution is 2.25. The standard InChI is InChI=1S/C15H17NO5S2/c1-15(18,13-4-3-9-22-13)10-16-23(19,20)12-7-5-11(6-8-12)14(17)21-2/h3-9,16,18H,10H2,1-2H3/t15-/m0/s1. The van der Waals surface area contributed by atoms with Gasteiger partial charge in [0.15, 0.2) is 0 Å². The van der Waals surface area contributed by atoms with Crippen molar-refractivity contribution in [2.24, 2.45) is 0 Å². The molecule has 1 aromatic carbocycles. The van der Waals surface area contributed by atoms with E-state index < -0.39 is 21.6 Å². The summed E-state index contributed by atoms with van der Waals surface area (Å²) in [4.78, 5) is 12.0. The Labute approximate surface area is 138 Å². The van der Waals surface area contributed by atoms with Crippen LogP contribution in [-0.2, 0) is 20.4 Å². The van der Waals surface area contributed by atoms with Gasteiger partial charge in [-0.05, 0) is 42.6 Å². The van der Waals surface area contributed by atoms with Gasteiger partial charge in [-0.3, -0.25) is 0 Å². The van der Waals surface area contributed by atoms with Crippen molar-refractivity contribution in [2.75, 3.05) is 13.7 Å². The Morgan fingerprint density at radius 1 is 1.30 bits per heavy atom. The Balaban J connectivity index is 2.11. The molecular weight excluding hydrogens is 338 g/mol. The molecule has 2 N–H and O–H groups in total. The predicted molar refractivity (Wildman–Crippen MR) is 86.9 cm³/mol. The van der Waals surface area contributed by atoms with Gasteiger partial charge in [0.2, 0.25) is 10.0 Å². The Kier molecular flexibility index (Phi) is 5.20. The number of ether oxygens (including phenoxy) is 1. The zero-order valence-electron chi connectivity index (χ0n) is 12.6. The molecule has 0 spiro atoms. The van der Waals surface area contributed by atoms with Crippen LogP contribution in [0.25, 0.3) is 0 Å². The lowest BCUT2D eigenvalue weighted by Crippen LogP contribution is -2.38. The number of carbonyl (C=O) groups is 1. The molecule has 1 heterocycles. The monoisotopic (exact) mass is 355 g/mol. The molecule has 1 aromatic heterocycles. The van der Waals surface area contributed by atoms with Crippen molar-refractivity contribution in [1.82, 2.24) is 4.72 Å². The largest absolute Gasteiger partial charge is 0.465 e. The molecule has 0 saturated heterocycles. The number of esters is 1. The number of hydrogen-bond acceptors (Lipinski definition) is 6. The number of methoxy groups -OCH3 is 1. The number of thiophene rings is 1. The first-order chi connectivity index (χ1) is 10.8.